The van der Waals surface area contributed by atoms with Crippen LogP contribution in [0.4, 0.5) is 0 Å². The van der Waals surface area contributed by atoms with Crippen LogP contribution in [0.5, 0.6) is 0 Å². The molecule has 1 amide bonds. The Morgan fingerprint density at radius 1 is 1.19 bits per heavy atom. The molecule has 0 atom stereocenters. The van der Waals surface area contributed by atoms with Gasteiger partial charge in [0, 0.05) is 32.2 Å². The number of fused-ring (bicyclic) bond motifs is 1. The number of ether oxygens (including phenoxy) is 1. The lowest BCUT2D eigenvalue weighted by Gasteiger charge is -2.10. The number of rotatable bonds is 7. The van der Waals surface area contributed by atoms with Crippen molar-refractivity contribution in [2.24, 2.45) is 0 Å². The first-order valence-electron chi connectivity index (χ1n) is 8.88. The highest BCUT2D eigenvalue weighted by Crippen LogP contribution is 2.16. The number of carbonyl (C=O) groups excluding carboxylic acids is 1. The Bertz CT molecular complexity index is 915. The Labute approximate surface area is 154 Å². The summed E-state index contributed by atoms with van der Waals surface area (Å²) in [4.78, 5) is 17.2. The second-order valence-corrected chi connectivity index (χ2v) is 6.49. The maximum absolute atomic E-state index is 12.4. The Morgan fingerprint density at radius 3 is 2.77 bits per heavy atom. The molecular weight excluding hydrogens is 326 g/mol. The van der Waals surface area contributed by atoms with Gasteiger partial charge in [-0.25, -0.2) is 4.98 Å². The summed E-state index contributed by atoms with van der Waals surface area (Å²) in [6, 6.07) is 14.0. The third-order valence-corrected chi connectivity index (χ3v) is 4.51. The van der Waals surface area contributed by atoms with Crippen molar-refractivity contribution < 1.29 is 9.53 Å². The molecule has 0 bridgehead atoms. The summed E-state index contributed by atoms with van der Waals surface area (Å²) in [5.74, 6) is 0.922. The Hall–Kier alpha value is -2.66. The van der Waals surface area contributed by atoms with Crippen molar-refractivity contribution in [3.05, 3.63) is 65.0 Å². The molecule has 0 radical (unpaired) electrons. The van der Waals surface area contributed by atoms with Crippen molar-refractivity contribution >= 4 is 16.9 Å². The predicted octanol–water partition coefficient (Wildman–Crippen LogP) is 3.27. The molecule has 26 heavy (non-hydrogen) atoms. The zero-order valence-corrected chi connectivity index (χ0v) is 15.6. The minimum Gasteiger partial charge on any atom is -0.383 e. The molecule has 3 aromatic rings. The zero-order valence-electron chi connectivity index (χ0n) is 15.6. The molecule has 0 spiro atoms. The van der Waals surface area contributed by atoms with Crippen LogP contribution in [0.25, 0.3) is 11.0 Å². The fourth-order valence-corrected chi connectivity index (χ4v) is 3.20. The summed E-state index contributed by atoms with van der Waals surface area (Å²) >= 11 is 0. The number of amides is 1. The molecule has 0 saturated heterocycles. The molecule has 0 aliphatic rings. The lowest BCUT2D eigenvalue weighted by molar-refractivity contribution is 0.0953. The van der Waals surface area contributed by atoms with E-state index in [1.165, 1.54) is 0 Å². The number of carbonyl (C=O) groups is 1. The minimum atomic E-state index is -0.0398. The highest BCUT2D eigenvalue weighted by Gasteiger charge is 2.12. The molecule has 1 aromatic heterocycles. The third kappa shape index (κ3) is 3.94. The average molecular weight is 351 g/mol. The van der Waals surface area contributed by atoms with Crippen LogP contribution >= 0.6 is 0 Å². The Kier molecular flexibility index (Phi) is 5.68. The third-order valence-electron chi connectivity index (χ3n) is 4.51. The Morgan fingerprint density at radius 2 is 2.00 bits per heavy atom. The van der Waals surface area contributed by atoms with Crippen LogP contribution < -0.4 is 5.32 Å². The van der Waals surface area contributed by atoms with E-state index in [9.17, 15) is 4.79 Å². The lowest BCUT2D eigenvalue weighted by atomic mass is 10.1. The predicted molar refractivity (Wildman–Crippen MR) is 104 cm³/mol. The Balaban J connectivity index is 1.70. The fraction of sp³-hybridized carbons (Fsp3) is 0.333. The number of benzene rings is 2. The van der Waals surface area contributed by atoms with Crippen LogP contribution in [-0.2, 0) is 17.7 Å². The molecular formula is C21H25N3O2. The fourth-order valence-electron chi connectivity index (χ4n) is 3.20. The molecule has 0 aliphatic carbocycles. The van der Waals surface area contributed by atoms with Gasteiger partial charge in [-0.05, 0) is 37.6 Å². The number of aryl methyl sites for hydroxylation is 2. The first kappa shape index (κ1) is 18.1. The summed E-state index contributed by atoms with van der Waals surface area (Å²) in [5.41, 5.74) is 4.95. The van der Waals surface area contributed by atoms with Crippen molar-refractivity contribution in [1.82, 2.24) is 14.9 Å². The number of nitrogens with zero attached hydrogens (tertiary/aromatic N) is 2. The van der Waals surface area contributed by atoms with Crippen molar-refractivity contribution in [2.75, 3.05) is 20.3 Å². The van der Waals surface area contributed by atoms with Gasteiger partial charge in [-0.2, -0.15) is 0 Å². The van der Waals surface area contributed by atoms with Gasteiger partial charge in [-0.1, -0.05) is 29.8 Å². The highest BCUT2D eigenvalue weighted by molar-refractivity contribution is 5.95. The van der Waals surface area contributed by atoms with Gasteiger partial charge in [-0.3, -0.25) is 4.79 Å². The maximum atomic E-state index is 12.4. The number of aromatic nitrogens is 2. The highest BCUT2D eigenvalue weighted by atomic mass is 16.5. The number of hydrogen-bond acceptors (Lipinski definition) is 3. The molecule has 5 heteroatoms. The van der Waals surface area contributed by atoms with Crippen LogP contribution in [0.2, 0.25) is 0 Å². The number of hydrogen-bond donors (Lipinski definition) is 1. The van der Waals surface area contributed by atoms with Crippen LogP contribution in [0.1, 0.15) is 27.3 Å². The van der Waals surface area contributed by atoms with E-state index in [-0.39, 0.29) is 5.91 Å². The summed E-state index contributed by atoms with van der Waals surface area (Å²) in [5, 5.41) is 3.01. The average Bonchev–Trinajstić information content (AvgIpc) is 2.97. The number of nitrogens with one attached hydrogen (secondary N) is 1. The number of methoxy groups -OCH3 is 1. The maximum Gasteiger partial charge on any atom is 0.251 e. The largest absolute Gasteiger partial charge is 0.383 e. The van der Waals surface area contributed by atoms with Crippen molar-refractivity contribution in [2.45, 2.75) is 26.8 Å². The monoisotopic (exact) mass is 351 g/mol. The van der Waals surface area contributed by atoms with E-state index in [1.807, 2.05) is 50.2 Å². The van der Waals surface area contributed by atoms with Gasteiger partial charge in [-0.15, -0.1) is 0 Å². The van der Waals surface area contributed by atoms with E-state index in [2.05, 4.69) is 16.0 Å². The molecule has 0 aliphatic heterocycles. The number of para-hydroxylation sites is 2. The summed E-state index contributed by atoms with van der Waals surface area (Å²) in [7, 11) is 1.70. The molecule has 136 valence electrons. The summed E-state index contributed by atoms with van der Waals surface area (Å²) < 4.78 is 7.39. The van der Waals surface area contributed by atoms with Gasteiger partial charge >= 0.3 is 0 Å². The zero-order chi connectivity index (χ0) is 18.5. The lowest BCUT2D eigenvalue weighted by Crippen LogP contribution is -2.27. The van der Waals surface area contributed by atoms with Gasteiger partial charge < -0.3 is 14.6 Å². The minimum absolute atomic E-state index is 0.0398. The summed E-state index contributed by atoms with van der Waals surface area (Å²) in [6.07, 6.45) is 0.676. The first-order valence-corrected chi connectivity index (χ1v) is 8.88. The molecule has 0 fully saturated rings. The standard InChI is InChI=1S/C21H25N3O2/c1-15-8-9-17(16(2)14-15)21(25)22-11-10-20-23-18-6-4-5-7-19(18)24(20)12-13-26-3/h4-9,14H,10-13H2,1-3H3,(H,22,25). The van der Waals surface area contributed by atoms with E-state index in [0.29, 0.717) is 19.6 Å². The van der Waals surface area contributed by atoms with Gasteiger partial charge in [0.2, 0.25) is 0 Å². The van der Waals surface area contributed by atoms with Crippen LogP contribution in [0.3, 0.4) is 0 Å². The van der Waals surface area contributed by atoms with Crippen LogP contribution in [0, 0.1) is 13.8 Å². The van der Waals surface area contributed by atoms with Crippen molar-refractivity contribution in [3.63, 3.8) is 0 Å². The molecule has 0 unspecified atom stereocenters. The van der Waals surface area contributed by atoms with E-state index in [0.717, 1.165) is 40.1 Å². The quantitative estimate of drug-likeness (QED) is 0.711. The first-order chi connectivity index (χ1) is 12.6. The summed E-state index contributed by atoms with van der Waals surface area (Å²) in [6.45, 7) is 5.91. The topological polar surface area (TPSA) is 56.1 Å². The molecule has 5 nitrogen and oxygen atoms in total. The van der Waals surface area contributed by atoms with Gasteiger partial charge in [0.05, 0.1) is 17.6 Å². The van der Waals surface area contributed by atoms with E-state index in [1.54, 1.807) is 7.11 Å². The normalized spacial score (nSPS) is 11.0. The smallest absolute Gasteiger partial charge is 0.251 e. The van der Waals surface area contributed by atoms with Gasteiger partial charge in [0.25, 0.3) is 5.91 Å². The van der Waals surface area contributed by atoms with Crippen molar-refractivity contribution in [1.29, 1.82) is 0 Å². The molecule has 1 heterocycles. The molecule has 1 N–H and O–H groups in total. The van der Waals surface area contributed by atoms with Crippen LogP contribution in [-0.4, -0.2) is 35.7 Å². The van der Waals surface area contributed by atoms with Gasteiger partial charge in [0.1, 0.15) is 5.82 Å². The van der Waals surface area contributed by atoms with E-state index < -0.39 is 0 Å². The molecule has 3 rings (SSSR count). The van der Waals surface area contributed by atoms with E-state index >= 15 is 0 Å². The SMILES string of the molecule is COCCn1c(CCNC(=O)c2ccc(C)cc2C)nc2ccccc21. The van der Waals surface area contributed by atoms with Crippen LogP contribution in [0.15, 0.2) is 42.5 Å². The van der Waals surface area contributed by atoms with E-state index in [4.69, 9.17) is 9.72 Å². The molecule has 0 saturated carbocycles. The van der Waals surface area contributed by atoms with Gasteiger partial charge in [0.15, 0.2) is 0 Å². The second kappa shape index (κ2) is 8.15. The second-order valence-electron chi connectivity index (χ2n) is 6.49. The van der Waals surface area contributed by atoms with Crippen molar-refractivity contribution in [3.8, 4) is 0 Å². The molecule has 2 aromatic carbocycles. The number of imidazole rings is 1.